The fourth-order valence-electron chi connectivity index (χ4n) is 10.6. The molecule has 2 aliphatic carbocycles. The molecule has 6 aliphatic rings. The number of nitrogens with zero attached hydrogens (tertiary/aromatic N) is 5. The minimum Gasteiger partial charge on any atom is -0.481 e. The van der Waals surface area contributed by atoms with E-state index in [1.807, 2.05) is 41.3 Å². The van der Waals surface area contributed by atoms with Crippen LogP contribution in [0.1, 0.15) is 60.5 Å². The lowest BCUT2D eigenvalue weighted by Crippen LogP contribution is -2.72. The first-order valence-electron chi connectivity index (χ1n) is 19.3. The van der Waals surface area contributed by atoms with Crippen molar-refractivity contribution in [3.8, 4) is 45.4 Å². The normalized spacial score (nSPS) is 23.2. The Morgan fingerprint density at radius 2 is 1.22 bits per heavy atom. The number of nitrogens with one attached hydrogen (secondary N) is 1. The number of aromatic nitrogens is 2. The summed E-state index contributed by atoms with van der Waals surface area (Å²) in [5.41, 5.74) is 9.90. The van der Waals surface area contributed by atoms with Gasteiger partial charge in [-0.05, 0) is 48.9 Å². The third-order valence-electron chi connectivity index (χ3n) is 13.2. The topological polar surface area (TPSA) is 100 Å². The summed E-state index contributed by atoms with van der Waals surface area (Å²) in [7, 11) is 3.38. The molecule has 4 aromatic rings. The highest BCUT2D eigenvalue weighted by Crippen LogP contribution is 2.52. The molecule has 2 atom stereocenters. The third kappa shape index (κ3) is 5.57. The quantitative estimate of drug-likeness (QED) is 0.220. The molecule has 0 saturated carbocycles. The first kappa shape index (κ1) is 35.2. The Morgan fingerprint density at radius 3 is 1.65 bits per heavy atom. The number of pyridine rings is 2. The van der Waals surface area contributed by atoms with Crippen LogP contribution in [0.3, 0.4) is 0 Å². The summed E-state index contributed by atoms with van der Waals surface area (Å²) >= 11 is 14.6. The van der Waals surface area contributed by atoms with E-state index in [1.54, 1.807) is 21.1 Å². The molecule has 0 bridgehead atoms. The van der Waals surface area contributed by atoms with Gasteiger partial charge in [0.05, 0.1) is 35.7 Å². The van der Waals surface area contributed by atoms with Crippen molar-refractivity contribution in [3.63, 3.8) is 0 Å². The number of rotatable bonds is 7. The highest BCUT2D eigenvalue weighted by molar-refractivity contribution is 6.39. The van der Waals surface area contributed by atoms with E-state index in [-0.39, 0.29) is 34.7 Å². The van der Waals surface area contributed by atoms with E-state index >= 15 is 0 Å². The molecule has 10 rings (SSSR count). The third-order valence-corrected chi connectivity index (χ3v) is 14.0. The van der Waals surface area contributed by atoms with Crippen LogP contribution in [0.5, 0.6) is 11.8 Å². The Labute approximate surface area is 331 Å². The Bertz CT molecular complexity index is 2280. The minimum atomic E-state index is 0.0639. The van der Waals surface area contributed by atoms with Crippen molar-refractivity contribution in [2.24, 2.45) is 10.8 Å². The van der Waals surface area contributed by atoms with Crippen molar-refractivity contribution in [1.29, 1.82) is 0 Å². The number of halogens is 2. The lowest BCUT2D eigenvalue weighted by atomic mass is 9.72. The largest absolute Gasteiger partial charge is 0.481 e. The fraction of sp³-hybridized carbons (Fsp3) is 0.442. The van der Waals surface area contributed by atoms with E-state index < -0.39 is 0 Å². The zero-order valence-electron chi connectivity index (χ0n) is 31.4. The van der Waals surface area contributed by atoms with E-state index in [9.17, 15) is 9.59 Å². The molecule has 4 aliphatic heterocycles. The highest BCUT2D eigenvalue weighted by atomic mass is 35.5. The number of amides is 2. The predicted molar refractivity (Wildman–Crippen MR) is 211 cm³/mol. The summed E-state index contributed by atoms with van der Waals surface area (Å²) in [6, 6.07) is 16.8. The van der Waals surface area contributed by atoms with Crippen molar-refractivity contribution in [2.75, 3.05) is 60.0 Å². The predicted octanol–water partition coefficient (Wildman–Crippen LogP) is 6.76. The molecule has 10 nitrogen and oxygen atoms in total. The van der Waals surface area contributed by atoms with Gasteiger partial charge in [-0.1, -0.05) is 59.6 Å². The van der Waals surface area contributed by atoms with Gasteiger partial charge >= 0.3 is 0 Å². The fourth-order valence-corrected chi connectivity index (χ4v) is 11.2. The Hall–Kier alpha value is -4.22. The summed E-state index contributed by atoms with van der Waals surface area (Å²) in [4.78, 5) is 40.8. The number of likely N-dealkylation sites (tertiary alicyclic amines) is 3. The van der Waals surface area contributed by atoms with Gasteiger partial charge in [-0.3, -0.25) is 19.4 Å². The van der Waals surface area contributed by atoms with Crippen LogP contribution in [0, 0.1) is 10.8 Å². The number of ether oxygens (including phenoxy) is 2. The number of hydrogen-bond donors (Lipinski definition) is 1. The molecule has 6 heterocycles. The van der Waals surface area contributed by atoms with Crippen LogP contribution in [-0.4, -0.2) is 96.5 Å². The van der Waals surface area contributed by atoms with E-state index in [2.05, 4.69) is 27.2 Å². The van der Waals surface area contributed by atoms with Crippen LogP contribution in [0.25, 0.3) is 33.6 Å². The molecule has 284 valence electrons. The molecular formula is C43H44Cl2N6O4. The average Bonchev–Trinajstić information content (AvgIpc) is 3.86. The van der Waals surface area contributed by atoms with Gasteiger partial charge in [-0.2, -0.15) is 0 Å². The Kier molecular flexibility index (Phi) is 8.27. The van der Waals surface area contributed by atoms with Crippen LogP contribution in [-0.2, 0) is 22.4 Å². The van der Waals surface area contributed by atoms with Crippen LogP contribution in [0.2, 0.25) is 10.0 Å². The Balaban J connectivity index is 0.923. The van der Waals surface area contributed by atoms with Crippen molar-refractivity contribution in [1.82, 2.24) is 30.0 Å². The lowest BCUT2D eigenvalue weighted by molar-refractivity contribution is -0.161. The second-order valence-electron chi connectivity index (χ2n) is 16.8. The second kappa shape index (κ2) is 12.9. The highest BCUT2D eigenvalue weighted by Gasteiger charge is 2.55. The molecule has 1 N–H and O–H groups in total. The SMILES string of the molecule is COc1nc(-c2cccc(-c3cccc(-c4cc5c(c(OC)n4)[C@@H](N4CC6(CN(C(C)=O)C6)C4)CC5)c3Cl)c2Cl)cc2c1[C@H](N1CC3(CNC(=O)C3)C1)CC2. The number of fused-ring (bicyclic) bond motifs is 2. The maximum absolute atomic E-state index is 11.9. The second-order valence-corrected chi connectivity index (χ2v) is 17.5. The maximum Gasteiger partial charge on any atom is 0.220 e. The van der Waals surface area contributed by atoms with E-state index in [0.717, 1.165) is 111 Å². The minimum absolute atomic E-state index is 0.0639. The molecule has 55 heavy (non-hydrogen) atoms. The standard InChI is InChI=1S/C43H44Cl2N6O4/c1-24(52)49-20-43(21-49)22-51(23-43)34-13-11-26-15-32(48-41(55-3)37(26)34)30-9-5-7-28(39(30)45)27-6-4-8-29(38(27)44)31-14-25-10-12-33(36(25)40(47-31)54-2)50-18-42(19-50)16-35(53)46-17-42/h4-9,14-15,33-34H,10-13,16-23H2,1-3H3,(H,46,53)/t33-,34+/m1/s1. The number of carbonyl (C=O) groups is 2. The van der Waals surface area contributed by atoms with Gasteiger partial charge in [0.1, 0.15) is 0 Å². The molecule has 2 aromatic carbocycles. The van der Waals surface area contributed by atoms with Crippen LogP contribution in [0.15, 0.2) is 48.5 Å². The van der Waals surface area contributed by atoms with E-state index in [1.165, 1.54) is 16.7 Å². The molecule has 2 amide bonds. The molecule has 0 radical (unpaired) electrons. The van der Waals surface area contributed by atoms with Crippen LogP contribution < -0.4 is 14.8 Å². The molecule has 2 spiro atoms. The van der Waals surface area contributed by atoms with Gasteiger partial charge < -0.3 is 19.7 Å². The van der Waals surface area contributed by atoms with Crippen molar-refractivity contribution in [2.45, 2.75) is 51.1 Å². The Morgan fingerprint density at radius 1 is 0.745 bits per heavy atom. The zero-order chi connectivity index (χ0) is 37.8. The zero-order valence-corrected chi connectivity index (χ0v) is 32.9. The monoisotopic (exact) mass is 778 g/mol. The summed E-state index contributed by atoms with van der Waals surface area (Å²) in [5.74, 6) is 1.60. The van der Waals surface area contributed by atoms with E-state index in [4.69, 9.17) is 42.6 Å². The summed E-state index contributed by atoms with van der Waals surface area (Å²) in [6.45, 7) is 7.94. The summed E-state index contributed by atoms with van der Waals surface area (Å²) in [6.07, 6.45) is 4.48. The van der Waals surface area contributed by atoms with Crippen LogP contribution in [0.4, 0.5) is 0 Å². The van der Waals surface area contributed by atoms with Crippen molar-refractivity contribution < 1.29 is 19.1 Å². The first-order valence-corrected chi connectivity index (χ1v) is 20.1. The summed E-state index contributed by atoms with van der Waals surface area (Å²) < 4.78 is 11.9. The number of benzene rings is 2. The molecule has 0 unspecified atom stereocenters. The molecule has 2 aromatic heterocycles. The number of aryl methyl sites for hydroxylation is 2. The molecule has 12 heteroatoms. The van der Waals surface area contributed by atoms with E-state index in [0.29, 0.717) is 28.2 Å². The van der Waals surface area contributed by atoms with Gasteiger partial charge in [0.2, 0.25) is 23.6 Å². The van der Waals surface area contributed by atoms with Crippen molar-refractivity contribution in [3.05, 3.63) is 80.8 Å². The number of hydrogen-bond acceptors (Lipinski definition) is 8. The summed E-state index contributed by atoms with van der Waals surface area (Å²) in [5, 5.41) is 4.16. The maximum atomic E-state index is 11.9. The van der Waals surface area contributed by atoms with Gasteiger partial charge in [0.15, 0.2) is 0 Å². The number of methoxy groups -OCH3 is 2. The van der Waals surface area contributed by atoms with Gasteiger partial charge in [0.25, 0.3) is 0 Å². The average molecular weight is 780 g/mol. The molecule has 4 fully saturated rings. The molecule has 4 saturated heterocycles. The smallest absolute Gasteiger partial charge is 0.220 e. The number of carbonyl (C=O) groups excluding carboxylic acids is 2. The van der Waals surface area contributed by atoms with Crippen molar-refractivity contribution >= 4 is 35.0 Å². The van der Waals surface area contributed by atoms with Crippen LogP contribution >= 0.6 is 23.2 Å². The van der Waals surface area contributed by atoms with Gasteiger partial charge in [0, 0.05) is 115 Å². The van der Waals surface area contributed by atoms with Gasteiger partial charge in [-0.15, -0.1) is 0 Å². The lowest BCUT2D eigenvalue weighted by Gasteiger charge is -2.61. The van der Waals surface area contributed by atoms with Gasteiger partial charge in [-0.25, -0.2) is 9.97 Å². The first-order chi connectivity index (χ1) is 26.6. The molecular weight excluding hydrogens is 735 g/mol.